The third-order valence-electron chi connectivity index (χ3n) is 1.44. The summed E-state index contributed by atoms with van der Waals surface area (Å²) in [6.07, 6.45) is 7.00. The number of rotatable bonds is 4. The summed E-state index contributed by atoms with van der Waals surface area (Å²) in [5, 5.41) is 0. The Hall–Kier alpha value is 0.310. The van der Waals surface area contributed by atoms with Gasteiger partial charge in [-0.25, -0.2) is 0 Å². The maximum Gasteiger partial charge on any atom is 0.0481 e. The molecule has 0 aliphatic rings. The molecule has 0 amide bonds. The summed E-state index contributed by atoms with van der Waals surface area (Å²) in [4.78, 5) is 0. The molecule has 1 nitrogen and oxygen atoms in total. The minimum absolute atomic E-state index is 0.682. The minimum atomic E-state index is -0.682. The smallest absolute Gasteiger partial charge is 0.0481 e. The second-order valence-corrected chi connectivity index (χ2v) is 6.28. The molecule has 0 aliphatic carbocycles. The Kier molecular flexibility index (Phi) is 4.32. The molecular weight excluding hydrogens is 132 g/mol. The molecule has 0 spiro atoms. The van der Waals surface area contributed by atoms with Crippen LogP contribution in [0.5, 0.6) is 0 Å². The standard InChI is InChI=1S/C7H18OS/c1-5-6-7-9(3,4)8-2/h5-7H2,1-4H3. The van der Waals surface area contributed by atoms with Crippen LogP contribution >= 0.6 is 10.3 Å². The van der Waals surface area contributed by atoms with E-state index in [1.54, 1.807) is 0 Å². The Bertz CT molecular complexity index is 71.3. The highest BCUT2D eigenvalue weighted by atomic mass is 32.3. The quantitative estimate of drug-likeness (QED) is 0.598. The zero-order valence-corrected chi connectivity index (χ0v) is 7.75. The van der Waals surface area contributed by atoms with E-state index in [0.29, 0.717) is 0 Å². The second-order valence-electron chi connectivity index (χ2n) is 2.66. The molecular formula is C7H18OS. The normalized spacial score (nSPS) is 13.8. The van der Waals surface area contributed by atoms with E-state index in [9.17, 15) is 0 Å². The number of hydrogen-bond acceptors (Lipinski definition) is 1. The first-order chi connectivity index (χ1) is 4.12. The van der Waals surface area contributed by atoms with Crippen molar-refractivity contribution < 1.29 is 4.18 Å². The molecule has 0 bridgehead atoms. The van der Waals surface area contributed by atoms with E-state index in [1.807, 2.05) is 7.11 Å². The van der Waals surface area contributed by atoms with E-state index in [0.717, 1.165) is 0 Å². The third kappa shape index (κ3) is 4.79. The molecule has 0 aromatic rings. The topological polar surface area (TPSA) is 9.23 Å². The van der Waals surface area contributed by atoms with E-state index in [2.05, 4.69) is 19.4 Å². The van der Waals surface area contributed by atoms with Crippen LogP contribution < -0.4 is 0 Å². The van der Waals surface area contributed by atoms with Gasteiger partial charge in [0.25, 0.3) is 0 Å². The van der Waals surface area contributed by atoms with Crippen LogP contribution in [-0.4, -0.2) is 25.4 Å². The monoisotopic (exact) mass is 150 g/mol. The summed E-state index contributed by atoms with van der Waals surface area (Å²) in [6, 6.07) is 0. The van der Waals surface area contributed by atoms with E-state index < -0.39 is 10.3 Å². The molecule has 0 radical (unpaired) electrons. The summed E-state index contributed by atoms with van der Waals surface area (Å²) in [5.41, 5.74) is 0. The minimum Gasteiger partial charge on any atom is -0.340 e. The average molecular weight is 150 g/mol. The van der Waals surface area contributed by atoms with Gasteiger partial charge in [-0.05, 0) is 24.7 Å². The van der Waals surface area contributed by atoms with Crippen molar-refractivity contribution in [3.8, 4) is 0 Å². The summed E-state index contributed by atoms with van der Waals surface area (Å²) in [5.74, 6) is 1.25. The van der Waals surface area contributed by atoms with Crippen LogP contribution in [0.15, 0.2) is 0 Å². The SMILES string of the molecule is CCCCS(C)(C)OC. The van der Waals surface area contributed by atoms with E-state index in [-0.39, 0.29) is 0 Å². The molecule has 0 atom stereocenters. The molecule has 0 N–H and O–H groups in total. The fourth-order valence-electron chi connectivity index (χ4n) is 0.575. The van der Waals surface area contributed by atoms with Crippen molar-refractivity contribution in [2.24, 2.45) is 0 Å². The van der Waals surface area contributed by atoms with Gasteiger partial charge in [0, 0.05) is 7.11 Å². The van der Waals surface area contributed by atoms with Crippen molar-refractivity contribution in [3.05, 3.63) is 0 Å². The van der Waals surface area contributed by atoms with Crippen LogP contribution in [0.1, 0.15) is 19.8 Å². The molecule has 0 heterocycles. The zero-order chi connectivity index (χ0) is 7.33. The van der Waals surface area contributed by atoms with Gasteiger partial charge in [-0.3, -0.25) is 0 Å². The highest BCUT2D eigenvalue weighted by molar-refractivity contribution is 8.28. The molecule has 0 aromatic carbocycles. The molecule has 2 heteroatoms. The highest BCUT2D eigenvalue weighted by Gasteiger charge is 2.07. The Morgan fingerprint density at radius 1 is 1.33 bits per heavy atom. The predicted molar refractivity (Wildman–Crippen MR) is 46.2 cm³/mol. The lowest BCUT2D eigenvalue weighted by atomic mass is 10.4. The first-order valence-corrected chi connectivity index (χ1v) is 5.93. The largest absolute Gasteiger partial charge is 0.340 e. The van der Waals surface area contributed by atoms with Gasteiger partial charge in [-0.2, -0.15) is 0 Å². The maximum atomic E-state index is 5.32. The van der Waals surface area contributed by atoms with Crippen LogP contribution in [0, 0.1) is 0 Å². The maximum absolute atomic E-state index is 5.32. The van der Waals surface area contributed by atoms with Crippen LogP contribution in [0.2, 0.25) is 0 Å². The van der Waals surface area contributed by atoms with Crippen molar-refractivity contribution in [2.45, 2.75) is 19.8 Å². The van der Waals surface area contributed by atoms with Gasteiger partial charge in [-0.15, -0.1) is 10.3 Å². The van der Waals surface area contributed by atoms with Gasteiger partial charge in [0.1, 0.15) is 0 Å². The average Bonchev–Trinajstić information content (AvgIpc) is 1.84. The fourth-order valence-corrected chi connectivity index (χ4v) is 1.73. The van der Waals surface area contributed by atoms with Crippen molar-refractivity contribution in [3.63, 3.8) is 0 Å². The molecule has 0 aliphatic heterocycles. The Morgan fingerprint density at radius 2 is 1.89 bits per heavy atom. The molecule has 0 saturated heterocycles. The molecule has 0 unspecified atom stereocenters. The molecule has 0 rings (SSSR count). The highest BCUT2D eigenvalue weighted by Crippen LogP contribution is 2.40. The lowest BCUT2D eigenvalue weighted by Gasteiger charge is -2.28. The summed E-state index contributed by atoms with van der Waals surface area (Å²) < 4.78 is 5.32. The first kappa shape index (κ1) is 9.31. The Labute approximate surface area is 60.3 Å². The fraction of sp³-hybridized carbons (Fsp3) is 1.00. The number of unbranched alkanes of at least 4 members (excludes halogenated alkanes) is 1. The third-order valence-corrected chi connectivity index (χ3v) is 3.61. The van der Waals surface area contributed by atoms with Gasteiger partial charge >= 0.3 is 0 Å². The lowest BCUT2D eigenvalue weighted by Crippen LogP contribution is -2.02. The van der Waals surface area contributed by atoms with Crippen LogP contribution in [0.3, 0.4) is 0 Å². The van der Waals surface area contributed by atoms with Gasteiger partial charge in [0.05, 0.1) is 0 Å². The summed E-state index contributed by atoms with van der Waals surface area (Å²) in [7, 11) is 1.13. The van der Waals surface area contributed by atoms with Crippen molar-refractivity contribution in [1.29, 1.82) is 0 Å². The van der Waals surface area contributed by atoms with Crippen LogP contribution in [0.25, 0.3) is 0 Å². The second kappa shape index (κ2) is 4.18. The lowest BCUT2D eigenvalue weighted by molar-refractivity contribution is 0.469. The van der Waals surface area contributed by atoms with E-state index in [4.69, 9.17) is 4.18 Å². The predicted octanol–water partition coefficient (Wildman–Crippen LogP) is 2.41. The van der Waals surface area contributed by atoms with E-state index >= 15 is 0 Å². The molecule has 0 saturated carbocycles. The summed E-state index contributed by atoms with van der Waals surface area (Å²) in [6.45, 7) is 2.21. The van der Waals surface area contributed by atoms with Gasteiger partial charge in [0.15, 0.2) is 0 Å². The molecule has 0 fully saturated rings. The van der Waals surface area contributed by atoms with Crippen molar-refractivity contribution >= 4 is 10.3 Å². The zero-order valence-electron chi connectivity index (χ0n) is 6.94. The van der Waals surface area contributed by atoms with E-state index in [1.165, 1.54) is 18.6 Å². The van der Waals surface area contributed by atoms with Gasteiger partial charge < -0.3 is 4.18 Å². The number of hydrogen-bond donors (Lipinski definition) is 0. The van der Waals surface area contributed by atoms with Crippen molar-refractivity contribution in [2.75, 3.05) is 25.4 Å². The summed E-state index contributed by atoms with van der Waals surface area (Å²) >= 11 is 0. The Morgan fingerprint density at radius 3 is 2.22 bits per heavy atom. The van der Waals surface area contributed by atoms with Gasteiger partial charge in [-0.1, -0.05) is 13.3 Å². The van der Waals surface area contributed by atoms with Crippen LogP contribution in [-0.2, 0) is 4.18 Å². The Balaban J connectivity index is 3.33. The molecule has 9 heavy (non-hydrogen) atoms. The molecule has 58 valence electrons. The van der Waals surface area contributed by atoms with Crippen molar-refractivity contribution in [1.82, 2.24) is 0 Å². The molecule has 0 aromatic heterocycles. The first-order valence-electron chi connectivity index (χ1n) is 3.39. The van der Waals surface area contributed by atoms with Crippen LogP contribution in [0.4, 0.5) is 0 Å². The van der Waals surface area contributed by atoms with Gasteiger partial charge in [0.2, 0.25) is 0 Å².